The van der Waals surface area contributed by atoms with E-state index in [-0.39, 0.29) is 18.0 Å². The highest BCUT2D eigenvalue weighted by molar-refractivity contribution is 7.98. The molecule has 0 aliphatic heterocycles. The number of thioether (sulfide) groups is 1. The van der Waals surface area contributed by atoms with Gasteiger partial charge in [0.1, 0.15) is 18.7 Å². The summed E-state index contributed by atoms with van der Waals surface area (Å²) in [6, 6.07) is 4.74. The van der Waals surface area contributed by atoms with E-state index in [1.54, 1.807) is 18.4 Å². The second-order valence-corrected chi connectivity index (χ2v) is 4.74. The molecule has 0 radical (unpaired) electrons. The average molecular weight is 277 g/mol. The lowest BCUT2D eigenvalue weighted by atomic mass is 10.1. The zero-order chi connectivity index (χ0) is 13.7. The lowest BCUT2D eigenvalue weighted by Crippen LogP contribution is -1.88. The number of halogens is 1. The van der Waals surface area contributed by atoms with E-state index < -0.39 is 0 Å². The van der Waals surface area contributed by atoms with Gasteiger partial charge in [-0.1, -0.05) is 29.7 Å². The predicted octanol–water partition coefficient (Wildman–Crippen LogP) is 2.76. The monoisotopic (exact) mass is 277 g/mol. The number of aryl methyl sites for hydroxylation is 1. The molecule has 3 nitrogen and oxygen atoms in total. The first-order valence-electron chi connectivity index (χ1n) is 5.62. The summed E-state index contributed by atoms with van der Waals surface area (Å²) >= 11 is 1.43. The van der Waals surface area contributed by atoms with Crippen LogP contribution in [-0.4, -0.2) is 16.7 Å². The first kappa shape index (κ1) is 13.7. The Kier molecular flexibility index (Phi) is 4.61. The number of benzene rings is 1. The minimum atomic E-state index is -0.387. The van der Waals surface area contributed by atoms with Gasteiger partial charge in [-0.25, -0.2) is 9.37 Å². The fraction of sp³-hybridized carbons (Fsp3) is 0.214. The van der Waals surface area contributed by atoms with Crippen molar-refractivity contribution in [2.45, 2.75) is 17.9 Å². The van der Waals surface area contributed by atoms with Crippen molar-refractivity contribution >= 4 is 11.8 Å². The number of rotatable bonds is 3. The summed E-state index contributed by atoms with van der Waals surface area (Å²) in [5.41, 5.74) is 2.04. The smallest absolute Gasteiger partial charge is 0.256 e. The number of hydrogen-bond acceptors (Lipinski definition) is 4. The third kappa shape index (κ3) is 3.85. The van der Waals surface area contributed by atoms with Gasteiger partial charge >= 0.3 is 0 Å². The molecule has 0 amide bonds. The maximum absolute atomic E-state index is 13.4. The predicted molar refractivity (Wildman–Crippen MR) is 71.2 cm³/mol. The van der Waals surface area contributed by atoms with Crippen LogP contribution in [0.15, 0.2) is 34.1 Å². The highest BCUT2D eigenvalue weighted by Crippen LogP contribution is 2.22. The van der Waals surface area contributed by atoms with E-state index >= 15 is 0 Å². The third-order valence-electron chi connectivity index (χ3n) is 2.29. The van der Waals surface area contributed by atoms with Crippen LogP contribution in [0.5, 0.6) is 0 Å². The second kappa shape index (κ2) is 6.41. The summed E-state index contributed by atoms with van der Waals surface area (Å²) in [6.45, 7) is 1.57. The van der Waals surface area contributed by atoms with E-state index in [4.69, 9.17) is 9.52 Å². The highest BCUT2D eigenvalue weighted by atomic mass is 32.2. The van der Waals surface area contributed by atoms with Crippen LogP contribution >= 0.6 is 11.8 Å². The van der Waals surface area contributed by atoms with E-state index in [0.717, 1.165) is 11.3 Å². The van der Waals surface area contributed by atoms with Gasteiger partial charge in [-0.15, -0.1) is 0 Å². The molecular formula is C14H12FNO2S. The summed E-state index contributed by atoms with van der Waals surface area (Å²) in [7, 11) is 0. The highest BCUT2D eigenvalue weighted by Gasteiger charge is 2.05. The molecule has 5 heteroatoms. The zero-order valence-corrected chi connectivity index (χ0v) is 11.1. The molecule has 1 N–H and O–H groups in total. The van der Waals surface area contributed by atoms with E-state index in [1.807, 2.05) is 6.92 Å². The van der Waals surface area contributed by atoms with Crippen LogP contribution in [0.2, 0.25) is 0 Å². The molecule has 0 bridgehead atoms. The molecule has 98 valence electrons. The van der Waals surface area contributed by atoms with Crippen LogP contribution in [0, 0.1) is 24.6 Å². The van der Waals surface area contributed by atoms with Gasteiger partial charge in [0.15, 0.2) is 0 Å². The minimum absolute atomic E-state index is 0.284. The van der Waals surface area contributed by atoms with Crippen molar-refractivity contribution in [2.75, 3.05) is 6.61 Å². The van der Waals surface area contributed by atoms with Crippen LogP contribution in [-0.2, 0) is 5.75 Å². The average Bonchev–Trinajstić information content (AvgIpc) is 2.82. The van der Waals surface area contributed by atoms with Crippen molar-refractivity contribution in [3.8, 4) is 11.8 Å². The lowest BCUT2D eigenvalue weighted by Gasteiger charge is -2.01. The van der Waals surface area contributed by atoms with Gasteiger partial charge in [0, 0.05) is 5.75 Å². The third-order valence-corrected chi connectivity index (χ3v) is 3.21. The van der Waals surface area contributed by atoms with Crippen LogP contribution in [0.4, 0.5) is 4.39 Å². The summed E-state index contributed by atoms with van der Waals surface area (Å²) in [5, 5.41) is 9.21. The standard InChI is InChI=1S/C14H12FNO2S/c1-10-8-18-14(16-10)19-9-11-4-5-13(15)12(7-11)3-2-6-17/h4-5,7-8,17H,6,9H2,1H3. The van der Waals surface area contributed by atoms with Gasteiger partial charge in [-0.2, -0.15) is 0 Å². The Morgan fingerprint density at radius 1 is 1.47 bits per heavy atom. The van der Waals surface area contributed by atoms with Crippen LogP contribution < -0.4 is 0 Å². The number of aromatic nitrogens is 1. The molecule has 1 heterocycles. The van der Waals surface area contributed by atoms with E-state index in [9.17, 15) is 4.39 Å². The van der Waals surface area contributed by atoms with Gasteiger partial charge in [-0.3, -0.25) is 0 Å². The molecule has 0 spiro atoms. The summed E-state index contributed by atoms with van der Waals surface area (Å²) in [5.74, 6) is 5.25. The van der Waals surface area contributed by atoms with Crippen LogP contribution in [0.25, 0.3) is 0 Å². The number of aliphatic hydroxyl groups excluding tert-OH is 1. The fourth-order valence-corrected chi connectivity index (χ4v) is 2.23. The van der Waals surface area contributed by atoms with E-state index in [1.165, 1.54) is 17.8 Å². The number of nitrogens with zero attached hydrogens (tertiary/aromatic N) is 1. The zero-order valence-electron chi connectivity index (χ0n) is 10.3. The number of oxazole rings is 1. The molecule has 0 atom stereocenters. The van der Waals surface area contributed by atoms with Gasteiger partial charge in [0.2, 0.25) is 0 Å². The second-order valence-electron chi connectivity index (χ2n) is 3.82. The Balaban J connectivity index is 2.08. The van der Waals surface area contributed by atoms with Crippen LogP contribution in [0.1, 0.15) is 16.8 Å². The normalized spacial score (nSPS) is 10.1. The van der Waals surface area contributed by atoms with Crippen molar-refractivity contribution in [1.82, 2.24) is 4.98 Å². The summed E-state index contributed by atoms with van der Waals surface area (Å²) in [4.78, 5) is 4.18. The number of hydrogen-bond donors (Lipinski definition) is 1. The molecule has 2 aromatic rings. The Hall–Kier alpha value is -1.77. The molecule has 0 saturated heterocycles. The van der Waals surface area contributed by atoms with Gasteiger partial charge in [0.25, 0.3) is 5.22 Å². The molecule has 1 aromatic heterocycles. The van der Waals surface area contributed by atoms with Gasteiger partial charge < -0.3 is 9.52 Å². The van der Waals surface area contributed by atoms with Crippen molar-refractivity contribution in [2.24, 2.45) is 0 Å². The first-order chi connectivity index (χ1) is 9.19. The topological polar surface area (TPSA) is 46.3 Å². The Labute approximate surface area is 114 Å². The maximum Gasteiger partial charge on any atom is 0.256 e. The summed E-state index contributed by atoms with van der Waals surface area (Å²) < 4.78 is 18.7. The molecule has 0 saturated carbocycles. The molecule has 19 heavy (non-hydrogen) atoms. The maximum atomic E-state index is 13.4. The Morgan fingerprint density at radius 2 is 2.32 bits per heavy atom. The van der Waals surface area contributed by atoms with E-state index in [2.05, 4.69) is 16.8 Å². The van der Waals surface area contributed by atoms with Crippen LogP contribution in [0.3, 0.4) is 0 Å². The Bertz CT molecular complexity index is 628. The molecule has 1 aromatic carbocycles. The van der Waals surface area contributed by atoms with Crippen molar-refractivity contribution in [3.05, 3.63) is 47.1 Å². The lowest BCUT2D eigenvalue weighted by molar-refractivity contribution is 0.350. The number of aliphatic hydroxyl groups is 1. The van der Waals surface area contributed by atoms with Crippen molar-refractivity contribution in [3.63, 3.8) is 0 Å². The fourth-order valence-electron chi connectivity index (χ4n) is 1.44. The molecule has 0 unspecified atom stereocenters. The molecule has 0 aliphatic carbocycles. The molecule has 0 aliphatic rings. The van der Waals surface area contributed by atoms with Crippen molar-refractivity contribution in [1.29, 1.82) is 0 Å². The minimum Gasteiger partial charge on any atom is -0.440 e. The first-order valence-corrected chi connectivity index (χ1v) is 6.60. The van der Waals surface area contributed by atoms with Gasteiger partial charge in [-0.05, 0) is 24.6 Å². The van der Waals surface area contributed by atoms with Gasteiger partial charge in [0.05, 0.1) is 11.3 Å². The van der Waals surface area contributed by atoms with E-state index in [0.29, 0.717) is 11.0 Å². The summed E-state index contributed by atoms with van der Waals surface area (Å²) in [6.07, 6.45) is 1.59. The quantitative estimate of drug-likeness (QED) is 0.692. The molecule has 0 fully saturated rings. The SMILES string of the molecule is Cc1coc(SCc2ccc(F)c(C#CCO)c2)n1. The molecule has 2 rings (SSSR count). The molecular weight excluding hydrogens is 265 g/mol. The van der Waals surface area contributed by atoms with Crippen molar-refractivity contribution < 1.29 is 13.9 Å². The largest absolute Gasteiger partial charge is 0.440 e. The Morgan fingerprint density at radius 3 is 3.00 bits per heavy atom.